The lowest BCUT2D eigenvalue weighted by molar-refractivity contribution is -0.141. The summed E-state index contributed by atoms with van der Waals surface area (Å²) in [4.78, 5) is 16.8. The van der Waals surface area contributed by atoms with E-state index in [1.807, 2.05) is 12.1 Å². The van der Waals surface area contributed by atoms with Gasteiger partial charge in [-0.1, -0.05) is 31.2 Å². The van der Waals surface area contributed by atoms with Crippen molar-refractivity contribution in [2.75, 3.05) is 38.0 Å². The number of hydrogen-bond donors (Lipinski definition) is 1. The molecule has 0 bridgehead atoms. The number of hydrogen-bond acceptors (Lipinski definition) is 6. The van der Waals surface area contributed by atoms with Crippen LogP contribution < -0.4 is 5.32 Å². The van der Waals surface area contributed by atoms with Gasteiger partial charge < -0.3 is 10.2 Å². The first-order valence-corrected chi connectivity index (χ1v) is 11.0. The first kappa shape index (κ1) is 23.1. The van der Waals surface area contributed by atoms with Gasteiger partial charge in [0.25, 0.3) is 0 Å². The fourth-order valence-electron chi connectivity index (χ4n) is 3.79. The number of rotatable bonds is 7. The standard InChI is InChI=1S/C24H27F3N6/c1-2-32-11-13-33(14-12-32)17-19-5-3-18(4-6-19)16-29-22-15-21(24(25,26)27)30-23(31-22)20-7-9-28-10-8-20/h3-10,15H,2,11-14,16-17H2,1H3,(H,29,30,31). The highest BCUT2D eigenvalue weighted by Gasteiger charge is 2.33. The van der Waals surface area contributed by atoms with Gasteiger partial charge in [-0.25, -0.2) is 9.97 Å². The molecule has 1 aliphatic heterocycles. The number of pyridine rings is 1. The molecule has 1 aliphatic rings. The summed E-state index contributed by atoms with van der Waals surface area (Å²) in [5.41, 5.74) is 1.69. The maximum absolute atomic E-state index is 13.4. The number of likely N-dealkylation sites (N-methyl/N-ethyl adjacent to an activating group) is 1. The Kier molecular flexibility index (Phi) is 7.20. The Morgan fingerprint density at radius 2 is 1.52 bits per heavy atom. The molecule has 9 heteroatoms. The largest absolute Gasteiger partial charge is 0.433 e. The lowest BCUT2D eigenvalue weighted by Crippen LogP contribution is -2.45. The van der Waals surface area contributed by atoms with Crippen LogP contribution in [0.5, 0.6) is 0 Å². The van der Waals surface area contributed by atoms with Crippen LogP contribution in [0.4, 0.5) is 19.0 Å². The van der Waals surface area contributed by atoms with Crippen molar-refractivity contribution in [2.45, 2.75) is 26.2 Å². The molecule has 0 aliphatic carbocycles. The van der Waals surface area contributed by atoms with Crippen LogP contribution >= 0.6 is 0 Å². The van der Waals surface area contributed by atoms with E-state index in [-0.39, 0.29) is 11.6 Å². The van der Waals surface area contributed by atoms with E-state index in [1.54, 1.807) is 12.1 Å². The first-order chi connectivity index (χ1) is 15.9. The van der Waals surface area contributed by atoms with Crippen LogP contribution in [-0.2, 0) is 19.3 Å². The Balaban J connectivity index is 1.41. The third-order valence-electron chi connectivity index (χ3n) is 5.77. The van der Waals surface area contributed by atoms with Gasteiger partial charge in [0, 0.05) is 63.3 Å². The van der Waals surface area contributed by atoms with Crippen LogP contribution in [0.1, 0.15) is 23.7 Å². The van der Waals surface area contributed by atoms with Crippen molar-refractivity contribution in [3.8, 4) is 11.4 Å². The number of nitrogens with zero attached hydrogens (tertiary/aromatic N) is 5. The Bertz CT molecular complexity index is 1030. The number of aromatic nitrogens is 3. The molecule has 0 saturated carbocycles. The highest BCUT2D eigenvalue weighted by atomic mass is 19.4. The van der Waals surface area contributed by atoms with Gasteiger partial charge in [-0.2, -0.15) is 13.2 Å². The molecule has 0 amide bonds. The Morgan fingerprint density at radius 1 is 0.879 bits per heavy atom. The summed E-state index contributed by atoms with van der Waals surface area (Å²) in [6.07, 6.45) is -1.57. The number of benzene rings is 1. The molecule has 1 fully saturated rings. The summed E-state index contributed by atoms with van der Waals surface area (Å²) in [6, 6.07) is 12.3. The molecule has 0 unspecified atom stereocenters. The molecule has 33 heavy (non-hydrogen) atoms. The Morgan fingerprint density at radius 3 is 2.15 bits per heavy atom. The minimum absolute atomic E-state index is 0.00763. The van der Waals surface area contributed by atoms with Crippen molar-refractivity contribution in [1.29, 1.82) is 0 Å². The van der Waals surface area contributed by atoms with Crippen molar-refractivity contribution in [3.05, 3.63) is 71.7 Å². The lowest BCUT2D eigenvalue weighted by Gasteiger charge is -2.34. The topological polar surface area (TPSA) is 57.2 Å². The minimum Gasteiger partial charge on any atom is -0.366 e. The Labute approximate surface area is 191 Å². The molecule has 0 atom stereocenters. The molecule has 2 aromatic heterocycles. The summed E-state index contributed by atoms with van der Waals surface area (Å²) in [6.45, 7) is 8.86. The highest BCUT2D eigenvalue weighted by Crippen LogP contribution is 2.30. The van der Waals surface area contributed by atoms with E-state index in [0.717, 1.165) is 50.9 Å². The number of nitrogens with one attached hydrogen (secondary N) is 1. The predicted octanol–water partition coefficient (Wildman–Crippen LogP) is 4.31. The average molecular weight is 457 g/mol. The summed E-state index contributed by atoms with van der Waals surface area (Å²) in [5.74, 6) is 0.134. The van der Waals surface area contributed by atoms with E-state index >= 15 is 0 Å². The molecule has 4 rings (SSSR count). The number of piperazine rings is 1. The fraction of sp³-hybridized carbons (Fsp3) is 0.375. The summed E-state index contributed by atoms with van der Waals surface area (Å²) in [5, 5.41) is 3.01. The van der Waals surface area contributed by atoms with Crippen LogP contribution in [0.3, 0.4) is 0 Å². The molecule has 174 valence electrons. The fourth-order valence-corrected chi connectivity index (χ4v) is 3.79. The number of alkyl halides is 3. The van der Waals surface area contributed by atoms with Gasteiger partial charge >= 0.3 is 6.18 Å². The van der Waals surface area contributed by atoms with E-state index < -0.39 is 11.9 Å². The monoisotopic (exact) mass is 456 g/mol. The molecule has 3 aromatic rings. The van der Waals surface area contributed by atoms with Crippen molar-refractivity contribution in [1.82, 2.24) is 24.8 Å². The zero-order valence-electron chi connectivity index (χ0n) is 18.5. The second-order valence-electron chi connectivity index (χ2n) is 8.08. The molecule has 0 radical (unpaired) electrons. The van der Waals surface area contributed by atoms with Crippen LogP contribution in [0.2, 0.25) is 0 Å². The lowest BCUT2D eigenvalue weighted by atomic mass is 10.1. The van der Waals surface area contributed by atoms with E-state index in [2.05, 4.69) is 49.1 Å². The summed E-state index contributed by atoms with van der Waals surface area (Å²) >= 11 is 0. The van der Waals surface area contributed by atoms with Crippen molar-refractivity contribution in [3.63, 3.8) is 0 Å². The quantitative estimate of drug-likeness (QED) is 0.572. The maximum atomic E-state index is 13.4. The molecular formula is C24H27F3N6. The van der Waals surface area contributed by atoms with Gasteiger partial charge in [-0.05, 0) is 29.8 Å². The third-order valence-corrected chi connectivity index (χ3v) is 5.77. The van der Waals surface area contributed by atoms with Gasteiger partial charge in [0.2, 0.25) is 0 Å². The van der Waals surface area contributed by atoms with E-state index in [1.165, 1.54) is 18.0 Å². The smallest absolute Gasteiger partial charge is 0.366 e. The number of halogens is 3. The minimum atomic E-state index is -4.56. The van der Waals surface area contributed by atoms with Crippen LogP contribution in [0.15, 0.2) is 54.9 Å². The van der Waals surface area contributed by atoms with E-state index in [4.69, 9.17) is 0 Å². The summed E-state index contributed by atoms with van der Waals surface area (Å²) in [7, 11) is 0. The molecule has 6 nitrogen and oxygen atoms in total. The normalized spacial score (nSPS) is 15.5. The predicted molar refractivity (Wildman–Crippen MR) is 121 cm³/mol. The third kappa shape index (κ3) is 6.27. The number of anilines is 1. The molecule has 1 N–H and O–H groups in total. The second-order valence-corrected chi connectivity index (χ2v) is 8.08. The van der Waals surface area contributed by atoms with Crippen molar-refractivity contribution in [2.24, 2.45) is 0 Å². The van der Waals surface area contributed by atoms with Crippen molar-refractivity contribution >= 4 is 5.82 Å². The van der Waals surface area contributed by atoms with Gasteiger partial charge in [-0.3, -0.25) is 9.88 Å². The van der Waals surface area contributed by atoms with E-state index in [0.29, 0.717) is 12.1 Å². The van der Waals surface area contributed by atoms with Gasteiger partial charge in [0.15, 0.2) is 11.5 Å². The van der Waals surface area contributed by atoms with Crippen LogP contribution in [0.25, 0.3) is 11.4 Å². The molecule has 1 saturated heterocycles. The average Bonchev–Trinajstić information content (AvgIpc) is 2.84. The van der Waals surface area contributed by atoms with E-state index in [9.17, 15) is 13.2 Å². The molecule has 3 heterocycles. The highest BCUT2D eigenvalue weighted by molar-refractivity contribution is 5.57. The second kappa shape index (κ2) is 10.3. The van der Waals surface area contributed by atoms with Crippen LogP contribution in [-0.4, -0.2) is 57.5 Å². The zero-order chi connectivity index (χ0) is 23.3. The first-order valence-electron chi connectivity index (χ1n) is 11.0. The van der Waals surface area contributed by atoms with Gasteiger partial charge in [-0.15, -0.1) is 0 Å². The Hall–Kier alpha value is -3.04. The maximum Gasteiger partial charge on any atom is 0.433 e. The summed E-state index contributed by atoms with van der Waals surface area (Å²) < 4.78 is 40.1. The molecule has 0 spiro atoms. The molecular weight excluding hydrogens is 429 g/mol. The molecule has 1 aromatic carbocycles. The zero-order valence-corrected chi connectivity index (χ0v) is 18.5. The van der Waals surface area contributed by atoms with Gasteiger partial charge in [0.05, 0.1) is 0 Å². The van der Waals surface area contributed by atoms with Crippen molar-refractivity contribution < 1.29 is 13.2 Å². The van der Waals surface area contributed by atoms with Gasteiger partial charge in [0.1, 0.15) is 5.82 Å². The SMILES string of the molecule is CCN1CCN(Cc2ccc(CNc3cc(C(F)(F)F)nc(-c4ccncc4)n3)cc2)CC1. The van der Waals surface area contributed by atoms with Crippen LogP contribution in [0, 0.1) is 0 Å².